The molecule has 3 aromatic rings. The largest absolute Gasteiger partial charge is 0.493 e. The van der Waals surface area contributed by atoms with E-state index in [1.54, 1.807) is 31.2 Å². The van der Waals surface area contributed by atoms with Gasteiger partial charge < -0.3 is 20.1 Å². The lowest BCUT2D eigenvalue weighted by Crippen LogP contribution is -2.30. The van der Waals surface area contributed by atoms with Crippen molar-refractivity contribution in [2.24, 2.45) is 0 Å². The Kier molecular flexibility index (Phi) is 7.49. The Labute approximate surface area is 187 Å². The second-order valence-electron chi connectivity index (χ2n) is 7.44. The Morgan fingerprint density at radius 1 is 1.06 bits per heavy atom. The van der Waals surface area contributed by atoms with Crippen LogP contribution in [-0.4, -0.2) is 35.8 Å². The van der Waals surface area contributed by atoms with Gasteiger partial charge in [-0.2, -0.15) is 5.10 Å². The average Bonchev–Trinajstić information content (AvgIpc) is 3.19. The minimum absolute atomic E-state index is 0.0936. The number of hydrogen-bond acceptors (Lipinski definition) is 5. The van der Waals surface area contributed by atoms with Gasteiger partial charge in [-0.25, -0.2) is 4.68 Å². The lowest BCUT2D eigenvalue weighted by Gasteiger charge is -2.19. The lowest BCUT2D eigenvalue weighted by molar-refractivity contribution is -0.120. The number of carbonyl (C=O) groups is 2. The number of nitrogens with one attached hydrogen (secondary N) is 2. The third-order valence-corrected chi connectivity index (χ3v) is 5.04. The minimum Gasteiger partial charge on any atom is -0.493 e. The molecule has 8 nitrogen and oxygen atoms in total. The molecule has 1 unspecified atom stereocenters. The molecule has 0 saturated carbocycles. The van der Waals surface area contributed by atoms with Gasteiger partial charge in [-0.05, 0) is 18.6 Å². The van der Waals surface area contributed by atoms with Crippen molar-refractivity contribution in [1.29, 1.82) is 0 Å². The van der Waals surface area contributed by atoms with E-state index in [9.17, 15) is 9.59 Å². The first-order chi connectivity index (χ1) is 15.4. The summed E-state index contributed by atoms with van der Waals surface area (Å²) >= 11 is 0. The smallest absolute Gasteiger partial charge is 0.227 e. The monoisotopic (exact) mass is 436 g/mol. The van der Waals surface area contributed by atoms with E-state index in [2.05, 4.69) is 15.7 Å². The first-order valence-corrected chi connectivity index (χ1v) is 10.3. The van der Waals surface area contributed by atoms with Gasteiger partial charge in [0.2, 0.25) is 11.8 Å². The fourth-order valence-electron chi connectivity index (χ4n) is 3.48. The zero-order chi connectivity index (χ0) is 23.1. The number of para-hydroxylation sites is 1. The number of aromatic nitrogens is 2. The molecule has 0 spiro atoms. The molecular weight excluding hydrogens is 408 g/mol. The van der Waals surface area contributed by atoms with E-state index in [0.29, 0.717) is 23.9 Å². The van der Waals surface area contributed by atoms with E-state index < -0.39 is 6.04 Å². The van der Waals surface area contributed by atoms with Crippen LogP contribution in [-0.2, 0) is 16.1 Å². The molecule has 1 heterocycles. The van der Waals surface area contributed by atoms with Gasteiger partial charge in [0.1, 0.15) is 5.82 Å². The van der Waals surface area contributed by atoms with E-state index in [1.807, 2.05) is 49.4 Å². The van der Waals surface area contributed by atoms with E-state index in [0.717, 1.165) is 16.7 Å². The Hall–Kier alpha value is -3.81. The molecule has 0 aliphatic carbocycles. The maximum atomic E-state index is 12.8. The number of hydrogen-bond donors (Lipinski definition) is 2. The highest BCUT2D eigenvalue weighted by atomic mass is 16.5. The van der Waals surface area contributed by atoms with Crippen molar-refractivity contribution in [3.05, 3.63) is 71.4 Å². The van der Waals surface area contributed by atoms with Crippen molar-refractivity contribution >= 4 is 17.6 Å². The SMILES string of the molecule is COc1cccc(Cn2nccc2NC(=O)CC(NC(C)=O)c2ccc(C)cc2)c1OC. The number of benzene rings is 2. The molecule has 3 rings (SSSR count). The molecule has 2 aromatic carbocycles. The van der Waals surface area contributed by atoms with Crippen LogP contribution in [0.3, 0.4) is 0 Å². The lowest BCUT2D eigenvalue weighted by atomic mass is 10.0. The molecule has 0 bridgehead atoms. The van der Waals surface area contributed by atoms with E-state index in [1.165, 1.54) is 6.92 Å². The maximum absolute atomic E-state index is 12.8. The number of amides is 2. The Balaban J connectivity index is 1.74. The summed E-state index contributed by atoms with van der Waals surface area (Å²) in [5.74, 6) is 1.36. The number of aryl methyl sites for hydroxylation is 1. The van der Waals surface area contributed by atoms with Gasteiger partial charge in [-0.1, -0.05) is 42.0 Å². The first-order valence-electron chi connectivity index (χ1n) is 10.3. The molecule has 8 heteroatoms. The van der Waals surface area contributed by atoms with Gasteiger partial charge in [0.05, 0.1) is 39.4 Å². The van der Waals surface area contributed by atoms with E-state index >= 15 is 0 Å². The highest BCUT2D eigenvalue weighted by Crippen LogP contribution is 2.31. The molecule has 0 saturated heterocycles. The molecule has 1 aromatic heterocycles. The third kappa shape index (κ3) is 5.66. The van der Waals surface area contributed by atoms with Gasteiger partial charge in [-0.15, -0.1) is 0 Å². The number of carbonyl (C=O) groups excluding carboxylic acids is 2. The van der Waals surface area contributed by atoms with Crippen molar-refractivity contribution < 1.29 is 19.1 Å². The molecule has 1 atom stereocenters. The second-order valence-corrected chi connectivity index (χ2v) is 7.44. The standard InChI is InChI=1S/C24H28N4O4/c1-16-8-10-18(11-9-16)20(26-17(2)29)14-23(30)27-22-12-13-25-28(22)15-19-6-5-7-21(31-3)24(19)32-4/h5-13,20H,14-15H2,1-4H3,(H,26,29)(H,27,30). The number of methoxy groups -OCH3 is 2. The summed E-state index contributed by atoms with van der Waals surface area (Å²) in [6, 6.07) is 14.7. The summed E-state index contributed by atoms with van der Waals surface area (Å²) < 4.78 is 12.5. The second kappa shape index (κ2) is 10.5. The van der Waals surface area contributed by atoms with Gasteiger partial charge in [0.15, 0.2) is 11.5 Å². The van der Waals surface area contributed by atoms with Crippen molar-refractivity contribution in [2.45, 2.75) is 32.9 Å². The van der Waals surface area contributed by atoms with Crippen LogP contribution in [0.25, 0.3) is 0 Å². The van der Waals surface area contributed by atoms with Crippen molar-refractivity contribution in [3.8, 4) is 11.5 Å². The molecule has 0 fully saturated rings. The van der Waals surface area contributed by atoms with Crippen molar-refractivity contribution in [1.82, 2.24) is 15.1 Å². The highest BCUT2D eigenvalue weighted by Gasteiger charge is 2.19. The third-order valence-electron chi connectivity index (χ3n) is 5.04. The van der Waals surface area contributed by atoms with Crippen LogP contribution in [0.5, 0.6) is 11.5 Å². The number of nitrogens with zero attached hydrogens (tertiary/aromatic N) is 2. The zero-order valence-electron chi connectivity index (χ0n) is 18.7. The maximum Gasteiger partial charge on any atom is 0.227 e. The molecular formula is C24H28N4O4. The van der Waals surface area contributed by atoms with Gasteiger partial charge in [-0.3, -0.25) is 9.59 Å². The van der Waals surface area contributed by atoms with Crippen LogP contribution >= 0.6 is 0 Å². The minimum atomic E-state index is -0.428. The van der Waals surface area contributed by atoms with Gasteiger partial charge >= 0.3 is 0 Å². The van der Waals surface area contributed by atoms with Crippen LogP contribution in [0.2, 0.25) is 0 Å². The number of rotatable bonds is 9. The fourth-order valence-corrected chi connectivity index (χ4v) is 3.48. The van der Waals surface area contributed by atoms with Gasteiger partial charge in [0, 0.05) is 18.6 Å². The van der Waals surface area contributed by atoms with Crippen LogP contribution in [0.1, 0.15) is 36.1 Å². The number of anilines is 1. The van der Waals surface area contributed by atoms with Crippen LogP contribution in [0.4, 0.5) is 5.82 Å². The zero-order valence-corrected chi connectivity index (χ0v) is 18.7. The Morgan fingerprint density at radius 3 is 2.47 bits per heavy atom. The van der Waals surface area contributed by atoms with Crippen LogP contribution in [0, 0.1) is 6.92 Å². The summed E-state index contributed by atoms with van der Waals surface area (Å²) in [5.41, 5.74) is 2.84. The summed E-state index contributed by atoms with van der Waals surface area (Å²) in [7, 11) is 3.17. The molecule has 0 aliphatic heterocycles. The van der Waals surface area contributed by atoms with Crippen molar-refractivity contribution in [3.63, 3.8) is 0 Å². The van der Waals surface area contributed by atoms with Gasteiger partial charge in [0.25, 0.3) is 0 Å². The molecule has 0 radical (unpaired) electrons. The quantitative estimate of drug-likeness (QED) is 0.536. The van der Waals surface area contributed by atoms with E-state index in [-0.39, 0.29) is 18.2 Å². The molecule has 2 N–H and O–H groups in total. The van der Waals surface area contributed by atoms with Crippen molar-refractivity contribution in [2.75, 3.05) is 19.5 Å². The Bertz CT molecular complexity index is 1080. The Morgan fingerprint density at radius 2 is 1.81 bits per heavy atom. The topological polar surface area (TPSA) is 94.5 Å². The average molecular weight is 437 g/mol. The number of ether oxygens (including phenoxy) is 2. The summed E-state index contributed by atoms with van der Waals surface area (Å²) in [6.07, 6.45) is 1.71. The van der Waals surface area contributed by atoms with Crippen LogP contribution < -0.4 is 20.1 Å². The first kappa shape index (κ1) is 22.9. The fraction of sp³-hybridized carbons (Fsp3) is 0.292. The van der Waals surface area contributed by atoms with E-state index in [4.69, 9.17) is 9.47 Å². The summed E-state index contributed by atoms with van der Waals surface area (Å²) in [4.78, 5) is 24.5. The molecule has 0 aliphatic rings. The van der Waals surface area contributed by atoms with Crippen LogP contribution in [0.15, 0.2) is 54.7 Å². The molecule has 168 valence electrons. The summed E-state index contributed by atoms with van der Waals surface area (Å²) in [6.45, 7) is 3.81. The molecule has 2 amide bonds. The predicted molar refractivity (Wildman–Crippen MR) is 122 cm³/mol. The molecule has 32 heavy (non-hydrogen) atoms. The predicted octanol–water partition coefficient (Wildman–Crippen LogP) is 3.46. The summed E-state index contributed by atoms with van der Waals surface area (Å²) in [5, 5.41) is 10.1. The highest BCUT2D eigenvalue weighted by molar-refractivity contribution is 5.90. The normalized spacial score (nSPS) is 11.5.